The van der Waals surface area contributed by atoms with Crippen LogP contribution in [0, 0.1) is 5.92 Å². The van der Waals surface area contributed by atoms with Gasteiger partial charge in [-0.2, -0.15) is 0 Å². The van der Waals surface area contributed by atoms with Crippen LogP contribution in [-0.2, 0) is 5.41 Å². The summed E-state index contributed by atoms with van der Waals surface area (Å²) in [5, 5.41) is 18.6. The quantitative estimate of drug-likeness (QED) is 0.876. The van der Waals surface area contributed by atoms with Crippen molar-refractivity contribution in [3.63, 3.8) is 0 Å². The first-order valence-electron chi connectivity index (χ1n) is 6.63. The molecule has 0 aliphatic heterocycles. The van der Waals surface area contributed by atoms with Crippen LogP contribution < -0.4 is 0 Å². The second-order valence-corrected chi connectivity index (χ2v) is 5.77. The van der Waals surface area contributed by atoms with Gasteiger partial charge in [-0.25, -0.2) is 9.59 Å². The molecule has 0 amide bonds. The minimum atomic E-state index is -1.16. The van der Waals surface area contributed by atoms with Gasteiger partial charge in [-0.15, -0.1) is 0 Å². The third-order valence-corrected chi connectivity index (χ3v) is 4.82. The van der Waals surface area contributed by atoms with Crippen LogP contribution in [0.25, 0.3) is 0 Å². The van der Waals surface area contributed by atoms with E-state index in [2.05, 4.69) is 0 Å². The largest absolute Gasteiger partial charge is 0.478 e. The molecule has 2 aliphatic carbocycles. The molecule has 2 aliphatic rings. The van der Waals surface area contributed by atoms with Crippen molar-refractivity contribution < 1.29 is 19.8 Å². The molecule has 1 aromatic carbocycles. The maximum atomic E-state index is 11.5. The molecule has 4 heteroatoms. The highest BCUT2D eigenvalue weighted by Crippen LogP contribution is 2.56. The van der Waals surface area contributed by atoms with Gasteiger partial charge in [0, 0.05) is 0 Å². The zero-order valence-electron chi connectivity index (χ0n) is 10.6. The number of hydrogen-bond donors (Lipinski definition) is 2. The van der Waals surface area contributed by atoms with E-state index in [0.29, 0.717) is 5.92 Å². The summed E-state index contributed by atoms with van der Waals surface area (Å²) in [4.78, 5) is 22.7. The van der Waals surface area contributed by atoms with Gasteiger partial charge in [-0.1, -0.05) is 12.1 Å². The summed E-state index contributed by atoms with van der Waals surface area (Å²) in [5.74, 6) is -1.60. The number of carbonyl (C=O) groups is 2. The van der Waals surface area contributed by atoms with Crippen LogP contribution in [0.4, 0.5) is 0 Å². The Hall–Kier alpha value is -1.84. The Balaban J connectivity index is 2.18. The molecule has 0 unspecified atom stereocenters. The summed E-state index contributed by atoms with van der Waals surface area (Å²) in [6.07, 6.45) is 5.26. The molecule has 3 rings (SSSR count). The molecule has 2 N–H and O–H groups in total. The number of fused-ring (bicyclic) bond motifs is 2. The van der Waals surface area contributed by atoms with E-state index in [-0.39, 0.29) is 16.5 Å². The normalized spacial score (nSPS) is 28.5. The topological polar surface area (TPSA) is 74.6 Å². The molecule has 0 spiro atoms. The van der Waals surface area contributed by atoms with E-state index < -0.39 is 11.9 Å². The summed E-state index contributed by atoms with van der Waals surface area (Å²) in [5.41, 5.74) is 0.552. The Kier molecular flexibility index (Phi) is 2.62. The average molecular weight is 260 g/mol. The van der Waals surface area contributed by atoms with E-state index in [0.717, 1.165) is 37.7 Å². The van der Waals surface area contributed by atoms with Crippen LogP contribution in [-0.4, -0.2) is 22.2 Å². The fourth-order valence-electron chi connectivity index (χ4n) is 3.97. The van der Waals surface area contributed by atoms with Crippen LogP contribution in [0.1, 0.15) is 58.4 Å². The van der Waals surface area contributed by atoms with E-state index >= 15 is 0 Å². The first-order chi connectivity index (χ1) is 9.03. The van der Waals surface area contributed by atoms with E-state index in [1.165, 1.54) is 6.07 Å². The molecular weight excluding hydrogens is 244 g/mol. The first kappa shape index (κ1) is 12.2. The fraction of sp³-hybridized carbons (Fsp3) is 0.467. The third kappa shape index (κ3) is 1.74. The Morgan fingerprint density at radius 2 is 1.79 bits per heavy atom. The van der Waals surface area contributed by atoms with Crippen molar-refractivity contribution in [2.45, 2.75) is 37.5 Å². The molecule has 0 heterocycles. The number of aromatic carboxylic acids is 2. The van der Waals surface area contributed by atoms with Crippen molar-refractivity contribution in [2.24, 2.45) is 5.92 Å². The number of carboxylic acid groups (broad SMARTS) is 2. The van der Waals surface area contributed by atoms with Crippen LogP contribution in [0.15, 0.2) is 18.2 Å². The van der Waals surface area contributed by atoms with Crippen molar-refractivity contribution in [2.75, 3.05) is 0 Å². The lowest BCUT2D eigenvalue weighted by Crippen LogP contribution is -2.25. The molecule has 0 radical (unpaired) electrons. The zero-order valence-corrected chi connectivity index (χ0v) is 10.6. The van der Waals surface area contributed by atoms with Crippen LogP contribution in [0.2, 0.25) is 0 Å². The highest BCUT2D eigenvalue weighted by molar-refractivity contribution is 6.03. The molecule has 2 fully saturated rings. The smallest absolute Gasteiger partial charge is 0.336 e. The van der Waals surface area contributed by atoms with Gasteiger partial charge in [0.1, 0.15) is 0 Å². The second kappa shape index (κ2) is 4.08. The standard InChI is InChI=1S/C15H16O4/c16-13(17)10-2-1-3-11(12(10)14(18)19)15-6-4-9(8-15)5-7-15/h1-3,9H,4-8H2,(H,16,17)(H,18,19). The Labute approximate surface area is 111 Å². The summed E-state index contributed by atoms with van der Waals surface area (Å²) in [6.45, 7) is 0. The number of carboxylic acids is 2. The van der Waals surface area contributed by atoms with E-state index in [1.54, 1.807) is 6.07 Å². The SMILES string of the molecule is O=C(O)c1cccc(C23CCC(CC2)C3)c1C(=O)O. The number of benzene rings is 1. The lowest BCUT2D eigenvalue weighted by atomic mass is 9.75. The molecule has 19 heavy (non-hydrogen) atoms. The van der Waals surface area contributed by atoms with E-state index in [9.17, 15) is 19.8 Å². The molecule has 0 aromatic heterocycles. The van der Waals surface area contributed by atoms with Crippen molar-refractivity contribution in [1.29, 1.82) is 0 Å². The Morgan fingerprint density at radius 1 is 1.11 bits per heavy atom. The first-order valence-corrected chi connectivity index (χ1v) is 6.63. The fourth-order valence-corrected chi connectivity index (χ4v) is 3.97. The van der Waals surface area contributed by atoms with E-state index in [1.807, 2.05) is 6.07 Å². The third-order valence-electron chi connectivity index (χ3n) is 4.82. The maximum Gasteiger partial charge on any atom is 0.336 e. The molecule has 0 atom stereocenters. The summed E-state index contributed by atoms with van der Waals surface area (Å²) < 4.78 is 0. The van der Waals surface area contributed by atoms with Gasteiger partial charge in [0.25, 0.3) is 0 Å². The molecule has 100 valence electrons. The summed E-state index contributed by atoms with van der Waals surface area (Å²) >= 11 is 0. The molecule has 1 aromatic rings. The lowest BCUT2D eigenvalue weighted by molar-refractivity contribution is 0.0649. The van der Waals surface area contributed by atoms with Crippen LogP contribution >= 0.6 is 0 Å². The average Bonchev–Trinajstić information content (AvgIpc) is 2.99. The van der Waals surface area contributed by atoms with Gasteiger partial charge in [0.05, 0.1) is 11.1 Å². The van der Waals surface area contributed by atoms with Crippen molar-refractivity contribution in [1.82, 2.24) is 0 Å². The highest BCUT2D eigenvalue weighted by atomic mass is 16.4. The predicted molar refractivity (Wildman–Crippen MR) is 68.6 cm³/mol. The minimum absolute atomic E-state index is 0.00227. The monoisotopic (exact) mass is 260 g/mol. The highest BCUT2D eigenvalue weighted by Gasteiger charge is 2.47. The number of hydrogen-bond acceptors (Lipinski definition) is 2. The van der Waals surface area contributed by atoms with Crippen molar-refractivity contribution >= 4 is 11.9 Å². The number of rotatable bonds is 3. The van der Waals surface area contributed by atoms with E-state index in [4.69, 9.17) is 0 Å². The Morgan fingerprint density at radius 3 is 2.26 bits per heavy atom. The molecule has 4 nitrogen and oxygen atoms in total. The molecular formula is C15H16O4. The van der Waals surface area contributed by atoms with Gasteiger partial charge in [-0.3, -0.25) is 0 Å². The van der Waals surface area contributed by atoms with Gasteiger partial charge >= 0.3 is 11.9 Å². The van der Waals surface area contributed by atoms with Gasteiger partial charge in [0.15, 0.2) is 0 Å². The second-order valence-electron chi connectivity index (χ2n) is 5.77. The van der Waals surface area contributed by atoms with Crippen molar-refractivity contribution in [3.8, 4) is 0 Å². The Bertz CT molecular complexity index is 553. The molecule has 2 saturated carbocycles. The summed E-state index contributed by atoms with van der Waals surface area (Å²) in [6, 6.07) is 4.86. The molecule has 2 bridgehead atoms. The van der Waals surface area contributed by atoms with Crippen molar-refractivity contribution in [3.05, 3.63) is 34.9 Å². The van der Waals surface area contributed by atoms with Crippen LogP contribution in [0.5, 0.6) is 0 Å². The minimum Gasteiger partial charge on any atom is -0.478 e. The van der Waals surface area contributed by atoms with Crippen LogP contribution in [0.3, 0.4) is 0 Å². The maximum absolute atomic E-state index is 11.5. The lowest BCUT2D eigenvalue weighted by Gasteiger charge is -2.29. The van der Waals surface area contributed by atoms with Gasteiger partial charge < -0.3 is 10.2 Å². The van der Waals surface area contributed by atoms with Gasteiger partial charge in [0.2, 0.25) is 0 Å². The summed E-state index contributed by atoms with van der Waals surface area (Å²) in [7, 11) is 0. The zero-order chi connectivity index (χ0) is 13.6. The predicted octanol–water partition coefficient (Wildman–Crippen LogP) is 2.91. The molecule has 0 saturated heterocycles. The van der Waals surface area contributed by atoms with Gasteiger partial charge in [-0.05, 0) is 55.1 Å².